The third-order valence-corrected chi connectivity index (χ3v) is 9.86. The van der Waals surface area contributed by atoms with Crippen LogP contribution in [0.3, 0.4) is 0 Å². The first kappa shape index (κ1) is 35.9. The lowest BCUT2D eigenvalue weighted by molar-refractivity contribution is -0.137. The molecule has 2 saturated carbocycles. The van der Waals surface area contributed by atoms with Crippen molar-refractivity contribution >= 4 is 17.7 Å². The Bertz CT molecular complexity index is 1140. The number of likely N-dealkylation sites (N-methyl/N-ethyl adjacent to an activating group) is 1. The molecule has 4 N–H and O–H groups in total. The van der Waals surface area contributed by atoms with E-state index in [9.17, 15) is 24.6 Å². The Morgan fingerprint density at radius 1 is 1.02 bits per heavy atom. The number of rotatable bonds is 17. The number of benzene rings is 1. The van der Waals surface area contributed by atoms with E-state index in [0.717, 1.165) is 63.7 Å². The van der Waals surface area contributed by atoms with E-state index in [-0.39, 0.29) is 24.7 Å². The monoisotopic (exact) mass is 638 g/mol. The Kier molecular flexibility index (Phi) is 14.3. The third kappa shape index (κ3) is 11.4. The minimum absolute atomic E-state index is 0.0126. The summed E-state index contributed by atoms with van der Waals surface area (Å²) in [6.07, 6.45) is 11.7. The number of morpholine rings is 1. The van der Waals surface area contributed by atoms with Gasteiger partial charge < -0.3 is 30.5 Å². The second kappa shape index (κ2) is 18.4. The van der Waals surface area contributed by atoms with Gasteiger partial charge in [-0.15, -0.1) is 12.3 Å². The Morgan fingerprint density at radius 3 is 2.37 bits per heavy atom. The fourth-order valence-corrected chi connectivity index (χ4v) is 6.68. The molecule has 46 heavy (non-hydrogen) atoms. The summed E-state index contributed by atoms with van der Waals surface area (Å²) in [7, 11) is 1.75. The molecule has 1 saturated heterocycles. The minimum atomic E-state index is -1.10. The molecule has 3 aliphatic rings. The number of amides is 3. The van der Waals surface area contributed by atoms with E-state index in [0.29, 0.717) is 38.5 Å². The van der Waals surface area contributed by atoms with Crippen molar-refractivity contribution in [3.8, 4) is 12.3 Å². The molecule has 5 atom stereocenters. The molecule has 1 heterocycles. The van der Waals surface area contributed by atoms with Crippen molar-refractivity contribution in [1.82, 2.24) is 20.4 Å². The number of nitrogens with zero attached hydrogens (tertiary/aromatic N) is 2. The zero-order chi connectivity index (χ0) is 32.9. The van der Waals surface area contributed by atoms with Gasteiger partial charge in [0.15, 0.2) is 0 Å². The summed E-state index contributed by atoms with van der Waals surface area (Å²) in [5, 5.41) is 27.7. The summed E-state index contributed by atoms with van der Waals surface area (Å²) < 4.78 is 5.41. The predicted molar refractivity (Wildman–Crippen MR) is 176 cm³/mol. The molecule has 10 nitrogen and oxygen atoms in total. The highest BCUT2D eigenvalue weighted by Gasteiger charge is 2.40. The molecule has 3 fully saturated rings. The van der Waals surface area contributed by atoms with Crippen molar-refractivity contribution in [2.45, 2.75) is 94.9 Å². The fourth-order valence-electron chi connectivity index (χ4n) is 6.68. The molecule has 1 aliphatic heterocycles. The number of terminal acetylenes is 1. The van der Waals surface area contributed by atoms with E-state index in [2.05, 4.69) is 21.5 Å². The van der Waals surface area contributed by atoms with Gasteiger partial charge in [-0.3, -0.25) is 19.3 Å². The second-order valence-electron chi connectivity index (χ2n) is 13.5. The molecule has 4 rings (SSSR count). The molecule has 3 amide bonds. The molecule has 254 valence electrons. The normalized spacial score (nSPS) is 20.8. The maximum Gasteiger partial charge on any atom is 0.243 e. The Labute approximate surface area is 274 Å². The van der Waals surface area contributed by atoms with E-state index >= 15 is 0 Å². The van der Waals surface area contributed by atoms with Crippen LogP contribution in [0.4, 0.5) is 0 Å². The minimum Gasteiger partial charge on any atom is -0.390 e. The molecule has 0 bridgehead atoms. The number of aliphatic hydroxyl groups excluding tert-OH is 2. The van der Waals surface area contributed by atoms with Crippen LogP contribution in [-0.2, 0) is 25.5 Å². The molecule has 0 aromatic heterocycles. The van der Waals surface area contributed by atoms with Gasteiger partial charge in [0.05, 0.1) is 31.3 Å². The van der Waals surface area contributed by atoms with Crippen LogP contribution in [0.5, 0.6) is 0 Å². The summed E-state index contributed by atoms with van der Waals surface area (Å²) in [5.74, 6) is 1.14. The first-order valence-corrected chi connectivity index (χ1v) is 17.2. The smallest absolute Gasteiger partial charge is 0.243 e. The highest BCUT2D eigenvalue weighted by molar-refractivity contribution is 5.91. The lowest BCUT2D eigenvalue weighted by atomic mass is 9.82. The van der Waals surface area contributed by atoms with Gasteiger partial charge in [-0.25, -0.2) is 0 Å². The van der Waals surface area contributed by atoms with Gasteiger partial charge in [-0.1, -0.05) is 62.4 Å². The van der Waals surface area contributed by atoms with Crippen LogP contribution in [0.25, 0.3) is 0 Å². The molecule has 1 aromatic rings. The highest BCUT2D eigenvalue weighted by Crippen LogP contribution is 2.36. The Balaban J connectivity index is 1.42. The van der Waals surface area contributed by atoms with Crippen LogP contribution < -0.4 is 10.6 Å². The zero-order valence-corrected chi connectivity index (χ0v) is 27.4. The summed E-state index contributed by atoms with van der Waals surface area (Å²) in [5.41, 5.74) is 0.911. The van der Waals surface area contributed by atoms with Gasteiger partial charge in [0, 0.05) is 46.1 Å². The molecule has 0 spiro atoms. The largest absolute Gasteiger partial charge is 0.390 e. The number of hydrogen-bond acceptors (Lipinski definition) is 7. The van der Waals surface area contributed by atoms with Crippen LogP contribution >= 0.6 is 0 Å². The topological polar surface area (TPSA) is 131 Å². The zero-order valence-electron chi connectivity index (χ0n) is 27.4. The number of carbonyl (C=O) groups is 3. The van der Waals surface area contributed by atoms with Crippen LogP contribution in [0.2, 0.25) is 0 Å². The van der Waals surface area contributed by atoms with Crippen molar-refractivity contribution in [2.75, 3.05) is 46.4 Å². The first-order chi connectivity index (χ1) is 22.2. The van der Waals surface area contributed by atoms with Crippen molar-refractivity contribution in [1.29, 1.82) is 0 Å². The van der Waals surface area contributed by atoms with Crippen molar-refractivity contribution in [3.63, 3.8) is 0 Å². The van der Waals surface area contributed by atoms with Gasteiger partial charge in [-0.2, -0.15) is 0 Å². The summed E-state index contributed by atoms with van der Waals surface area (Å²) in [4.78, 5) is 44.7. The second-order valence-corrected chi connectivity index (χ2v) is 13.5. The molecule has 1 aromatic carbocycles. The Hall–Kier alpha value is -2.97. The molecule has 10 heteroatoms. The van der Waals surface area contributed by atoms with Gasteiger partial charge in [0.25, 0.3) is 0 Å². The number of aliphatic hydroxyl groups is 2. The first-order valence-electron chi connectivity index (χ1n) is 17.2. The molecule has 2 aliphatic carbocycles. The van der Waals surface area contributed by atoms with Gasteiger partial charge in [0.1, 0.15) is 12.1 Å². The summed E-state index contributed by atoms with van der Waals surface area (Å²) in [6.45, 7) is 4.30. The number of hydrogen-bond donors (Lipinski definition) is 4. The predicted octanol–water partition coefficient (Wildman–Crippen LogP) is 2.12. The summed E-state index contributed by atoms with van der Waals surface area (Å²) >= 11 is 0. The average molecular weight is 639 g/mol. The summed E-state index contributed by atoms with van der Waals surface area (Å²) in [6, 6.07) is 7.83. The standard InChI is InChI=1S/C36H54N4O6/c1-3-10-30(36(45)38-31(24-27-13-8-5-9-14-27)34(43)33(42)28-15-16-28)37-35(44)29(23-26-11-6-4-7-12-26)25-32(41)39(2)17-18-40-19-21-46-22-20-40/h1,4,6-7,11-12,27-31,33-34,42-43H,5,8-10,13-25H2,2H3,(H,37,44)(H,38,45)/t29?,30-,31-,33-,34+/m0/s1. The van der Waals surface area contributed by atoms with E-state index in [4.69, 9.17) is 11.2 Å². The highest BCUT2D eigenvalue weighted by atomic mass is 16.5. The number of nitrogens with one attached hydrogen (secondary N) is 2. The van der Waals surface area contributed by atoms with E-state index in [1.807, 2.05) is 30.3 Å². The lowest BCUT2D eigenvalue weighted by Gasteiger charge is -2.33. The number of ether oxygens (including phenoxy) is 1. The molecule has 0 radical (unpaired) electrons. The van der Waals surface area contributed by atoms with E-state index < -0.39 is 42.0 Å². The average Bonchev–Trinajstić information content (AvgIpc) is 3.93. The van der Waals surface area contributed by atoms with Gasteiger partial charge in [-0.05, 0) is 43.1 Å². The number of carbonyl (C=O) groups excluding carboxylic acids is 3. The van der Waals surface area contributed by atoms with Crippen LogP contribution in [-0.4, -0.2) is 108 Å². The SMILES string of the molecule is C#CC[C@H](NC(=O)C(CC(=O)N(C)CCN1CCOCC1)Cc1ccccc1)C(=O)N[C@@H](CC1CCCCC1)[C@@H](O)[C@@H](O)C1CC1. The molecular formula is C36H54N4O6. The maximum absolute atomic E-state index is 13.8. The van der Waals surface area contributed by atoms with Gasteiger partial charge in [0.2, 0.25) is 17.7 Å². The fraction of sp³-hybridized carbons (Fsp3) is 0.694. The maximum atomic E-state index is 13.8. The van der Waals surface area contributed by atoms with Gasteiger partial charge >= 0.3 is 0 Å². The molecule has 1 unspecified atom stereocenters. The van der Waals surface area contributed by atoms with Crippen molar-refractivity contribution < 1.29 is 29.3 Å². The lowest BCUT2D eigenvalue weighted by Crippen LogP contribution is -2.56. The van der Waals surface area contributed by atoms with Crippen LogP contribution in [0.1, 0.15) is 69.8 Å². The molecular weight excluding hydrogens is 584 g/mol. The van der Waals surface area contributed by atoms with E-state index in [1.54, 1.807) is 11.9 Å². The van der Waals surface area contributed by atoms with Crippen molar-refractivity contribution in [3.05, 3.63) is 35.9 Å². The van der Waals surface area contributed by atoms with Crippen LogP contribution in [0.15, 0.2) is 30.3 Å². The quantitative estimate of drug-likeness (QED) is 0.192. The third-order valence-electron chi connectivity index (χ3n) is 9.86. The Morgan fingerprint density at radius 2 is 1.72 bits per heavy atom. The van der Waals surface area contributed by atoms with Crippen molar-refractivity contribution in [2.24, 2.45) is 17.8 Å². The van der Waals surface area contributed by atoms with Crippen LogP contribution in [0, 0.1) is 30.1 Å². The van der Waals surface area contributed by atoms with E-state index in [1.165, 1.54) is 6.42 Å².